The van der Waals surface area contributed by atoms with Crippen molar-refractivity contribution < 1.29 is 18.3 Å². The fraction of sp³-hybridized carbons (Fsp3) is 0.0588. The number of nitriles is 1. The number of carbonyl (C=O) groups excluding carboxylic acids is 1. The van der Waals surface area contributed by atoms with Crippen molar-refractivity contribution in [2.45, 2.75) is 6.61 Å². The third-order valence-corrected chi connectivity index (χ3v) is 3.14. The van der Waals surface area contributed by atoms with E-state index >= 15 is 0 Å². The van der Waals surface area contributed by atoms with Crippen molar-refractivity contribution in [3.63, 3.8) is 0 Å². The number of nitrogens with zero attached hydrogens (tertiary/aromatic N) is 1. The number of anilines is 1. The van der Waals surface area contributed by atoms with Gasteiger partial charge in [0.25, 0.3) is 5.91 Å². The first-order valence-corrected chi connectivity index (χ1v) is 7.09. The van der Waals surface area contributed by atoms with Gasteiger partial charge in [-0.05, 0) is 48.0 Å². The van der Waals surface area contributed by atoms with Crippen LogP contribution in [0.5, 0.6) is 5.75 Å². The summed E-state index contributed by atoms with van der Waals surface area (Å²) in [5.41, 5.74) is 0.859. The Hall–Kier alpha value is -2.91. The molecule has 0 aliphatic heterocycles. The van der Waals surface area contributed by atoms with Gasteiger partial charge in [-0.3, -0.25) is 4.79 Å². The zero-order chi connectivity index (χ0) is 17.5. The van der Waals surface area contributed by atoms with Crippen molar-refractivity contribution in [3.05, 3.63) is 64.7 Å². The molecule has 1 N–H and O–H groups in total. The Bertz CT molecular complexity index is 782. The van der Waals surface area contributed by atoms with Gasteiger partial charge < -0.3 is 10.1 Å². The highest BCUT2D eigenvalue weighted by Gasteiger charge is 2.10. The molecule has 0 radical (unpaired) electrons. The van der Waals surface area contributed by atoms with Crippen molar-refractivity contribution in [3.8, 4) is 11.8 Å². The van der Waals surface area contributed by atoms with Crippen LogP contribution in [0.25, 0.3) is 6.08 Å². The highest BCUT2D eigenvalue weighted by molar-refractivity contribution is 6.30. The fourth-order valence-corrected chi connectivity index (χ4v) is 1.92. The molecule has 4 nitrogen and oxygen atoms in total. The summed E-state index contributed by atoms with van der Waals surface area (Å²) < 4.78 is 28.4. The summed E-state index contributed by atoms with van der Waals surface area (Å²) in [5.74, 6) is -0.598. The van der Waals surface area contributed by atoms with Crippen molar-refractivity contribution in [2.75, 3.05) is 5.32 Å². The molecule has 0 spiro atoms. The molecule has 0 aromatic heterocycles. The number of amides is 1. The number of nitrogens with one attached hydrogen (secondary N) is 1. The Morgan fingerprint density at radius 2 is 1.79 bits per heavy atom. The van der Waals surface area contributed by atoms with Crippen LogP contribution in [0, 0.1) is 11.3 Å². The Morgan fingerprint density at radius 3 is 2.33 bits per heavy atom. The van der Waals surface area contributed by atoms with Crippen LogP contribution in [-0.4, -0.2) is 12.5 Å². The molecule has 0 unspecified atom stereocenters. The van der Waals surface area contributed by atoms with E-state index in [1.807, 2.05) is 0 Å². The first kappa shape index (κ1) is 17.4. The zero-order valence-corrected chi connectivity index (χ0v) is 12.9. The predicted octanol–water partition coefficient (Wildman–Crippen LogP) is 4.49. The molecule has 2 rings (SSSR count). The summed E-state index contributed by atoms with van der Waals surface area (Å²) in [6.07, 6.45) is 1.34. The first-order chi connectivity index (χ1) is 11.5. The van der Waals surface area contributed by atoms with E-state index in [9.17, 15) is 13.6 Å². The molecule has 0 fully saturated rings. The topological polar surface area (TPSA) is 62.1 Å². The fourth-order valence-electron chi connectivity index (χ4n) is 1.79. The monoisotopic (exact) mass is 348 g/mol. The van der Waals surface area contributed by atoms with Gasteiger partial charge >= 0.3 is 6.61 Å². The minimum atomic E-state index is -2.91. The maximum atomic E-state index is 12.1. The molecule has 2 aromatic carbocycles. The molecule has 24 heavy (non-hydrogen) atoms. The molecule has 0 heterocycles. The Morgan fingerprint density at radius 1 is 1.17 bits per heavy atom. The van der Waals surface area contributed by atoms with Crippen LogP contribution in [0.1, 0.15) is 5.56 Å². The lowest BCUT2D eigenvalue weighted by molar-refractivity contribution is -0.112. The van der Waals surface area contributed by atoms with Gasteiger partial charge in [0.05, 0.1) is 0 Å². The Kier molecular flexibility index (Phi) is 5.88. The van der Waals surface area contributed by atoms with E-state index in [1.54, 1.807) is 30.3 Å². The first-order valence-electron chi connectivity index (χ1n) is 6.71. The average Bonchev–Trinajstić information content (AvgIpc) is 2.55. The second-order valence-corrected chi connectivity index (χ2v) is 5.01. The van der Waals surface area contributed by atoms with Crippen LogP contribution in [0.2, 0.25) is 5.02 Å². The minimum Gasteiger partial charge on any atom is -0.435 e. The van der Waals surface area contributed by atoms with E-state index in [4.69, 9.17) is 16.9 Å². The second kappa shape index (κ2) is 8.09. The third kappa shape index (κ3) is 5.07. The van der Waals surface area contributed by atoms with Crippen LogP contribution < -0.4 is 10.1 Å². The van der Waals surface area contributed by atoms with Gasteiger partial charge in [0, 0.05) is 10.7 Å². The van der Waals surface area contributed by atoms with Gasteiger partial charge in [-0.2, -0.15) is 14.0 Å². The number of alkyl halides is 2. The smallest absolute Gasteiger partial charge is 0.387 e. The maximum absolute atomic E-state index is 12.1. The van der Waals surface area contributed by atoms with Gasteiger partial charge in [0.15, 0.2) is 0 Å². The standard InChI is InChI=1S/C17H11ClF2N2O2/c18-13-3-5-14(6-4-13)22-16(23)12(10-21)9-11-1-7-15(8-2-11)24-17(19)20/h1-9,17H,(H,22,23)/b12-9+. The lowest BCUT2D eigenvalue weighted by Crippen LogP contribution is -2.13. The number of hydrogen-bond acceptors (Lipinski definition) is 3. The number of carbonyl (C=O) groups is 1. The number of rotatable bonds is 5. The van der Waals surface area contributed by atoms with Crippen LogP contribution in [0.4, 0.5) is 14.5 Å². The molecule has 0 bridgehead atoms. The molecule has 0 aliphatic rings. The number of halogens is 3. The molecule has 122 valence electrons. The zero-order valence-electron chi connectivity index (χ0n) is 12.2. The highest BCUT2D eigenvalue weighted by Crippen LogP contribution is 2.18. The van der Waals surface area contributed by atoms with Gasteiger partial charge in [-0.25, -0.2) is 0 Å². The summed E-state index contributed by atoms with van der Waals surface area (Å²) >= 11 is 5.76. The number of hydrogen-bond donors (Lipinski definition) is 1. The van der Waals surface area contributed by atoms with Crippen molar-refractivity contribution >= 4 is 29.3 Å². The summed E-state index contributed by atoms with van der Waals surface area (Å²) in [6.45, 7) is -2.91. The van der Waals surface area contributed by atoms with E-state index in [2.05, 4.69) is 10.1 Å². The molecular weight excluding hydrogens is 338 g/mol. The summed E-state index contributed by atoms with van der Waals surface area (Å²) in [6, 6.07) is 13.8. The lowest BCUT2D eigenvalue weighted by Gasteiger charge is -2.05. The van der Waals surface area contributed by atoms with Crippen molar-refractivity contribution in [2.24, 2.45) is 0 Å². The molecule has 7 heteroatoms. The average molecular weight is 349 g/mol. The number of ether oxygens (including phenoxy) is 1. The molecule has 1 amide bonds. The van der Waals surface area contributed by atoms with Crippen LogP contribution in [0.15, 0.2) is 54.1 Å². The highest BCUT2D eigenvalue weighted by atomic mass is 35.5. The van der Waals surface area contributed by atoms with E-state index in [1.165, 1.54) is 30.3 Å². The minimum absolute atomic E-state index is 0.00808. The van der Waals surface area contributed by atoms with Crippen molar-refractivity contribution in [1.29, 1.82) is 5.26 Å². The van der Waals surface area contributed by atoms with Gasteiger partial charge in [0.2, 0.25) is 0 Å². The third-order valence-electron chi connectivity index (χ3n) is 2.88. The van der Waals surface area contributed by atoms with Gasteiger partial charge in [-0.1, -0.05) is 23.7 Å². The van der Waals surface area contributed by atoms with Crippen molar-refractivity contribution in [1.82, 2.24) is 0 Å². The lowest BCUT2D eigenvalue weighted by atomic mass is 10.1. The normalized spacial score (nSPS) is 11.0. The molecule has 2 aromatic rings. The summed E-state index contributed by atoms with van der Waals surface area (Å²) in [5, 5.41) is 12.2. The second-order valence-electron chi connectivity index (χ2n) is 4.58. The predicted molar refractivity (Wildman–Crippen MR) is 86.7 cm³/mol. The van der Waals surface area contributed by atoms with Gasteiger partial charge in [0.1, 0.15) is 17.4 Å². The van der Waals surface area contributed by atoms with Crippen LogP contribution >= 0.6 is 11.6 Å². The SMILES string of the molecule is N#C/C(=C\c1ccc(OC(F)F)cc1)C(=O)Nc1ccc(Cl)cc1. The Labute approximate surface area is 141 Å². The molecule has 0 saturated heterocycles. The summed E-state index contributed by atoms with van der Waals surface area (Å²) in [7, 11) is 0. The van der Waals surface area contributed by atoms with Crippen LogP contribution in [-0.2, 0) is 4.79 Å². The Balaban J connectivity index is 2.11. The van der Waals surface area contributed by atoms with E-state index in [0.29, 0.717) is 16.3 Å². The van der Waals surface area contributed by atoms with E-state index in [-0.39, 0.29) is 11.3 Å². The molecule has 0 saturated carbocycles. The van der Waals surface area contributed by atoms with E-state index < -0.39 is 12.5 Å². The summed E-state index contributed by atoms with van der Waals surface area (Å²) in [4.78, 5) is 12.1. The maximum Gasteiger partial charge on any atom is 0.387 e. The van der Waals surface area contributed by atoms with Crippen LogP contribution in [0.3, 0.4) is 0 Å². The number of benzene rings is 2. The quantitative estimate of drug-likeness (QED) is 0.639. The molecule has 0 aliphatic carbocycles. The largest absolute Gasteiger partial charge is 0.435 e. The molecule has 0 atom stereocenters. The molecular formula is C17H11ClF2N2O2. The van der Waals surface area contributed by atoms with Gasteiger partial charge in [-0.15, -0.1) is 0 Å². The van der Waals surface area contributed by atoms with E-state index in [0.717, 1.165) is 0 Å².